The average Bonchev–Trinajstić information content (AvgIpc) is 3.21. The summed E-state index contributed by atoms with van der Waals surface area (Å²) in [4.78, 5) is 16.9. The van der Waals surface area contributed by atoms with Crippen molar-refractivity contribution < 1.29 is 9.21 Å². The van der Waals surface area contributed by atoms with Gasteiger partial charge in [-0.05, 0) is 67.5 Å². The summed E-state index contributed by atoms with van der Waals surface area (Å²) in [6, 6.07) is 19.0. The quantitative estimate of drug-likeness (QED) is 0.460. The van der Waals surface area contributed by atoms with E-state index in [1.165, 1.54) is 11.1 Å². The lowest BCUT2D eigenvalue weighted by Crippen LogP contribution is -2.33. The Morgan fingerprint density at radius 3 is 2.66 bits per heavy atom. The molecule has 2 aromatic heterocycles. The first kappa shape index (κ1) is 18.8. The summed E-state index contributed by atoms with van der Waals surface area (Å²) in [5.41, 5.74) is 4.80. The largest absolute Gasteiger partial charge is 0.451 e. The van der Waals surface area contributed by atoms with Gasteiger partial charge < -0.3 is 9.73 Å². The highest BCUT2D eigenvalue weighted by Gasteiger charge is 2.14. The summed E-state index contributed by atoms with van der Waals surface area (Å²) in [5, 5.41) is 6.85. The van der Waals surface area contributed by atoms with Gasteiger partial charge in [0.05, 0.1) is 11.2 Å². The summed E-state index contributed by atoms with van der Waals surface area (Å²) in [6.45, 7) is 4.10. The van der Waals surface area contributed by atoms with Crippen molar-refractivity contribution in [2.75, 3.05) is 5.32 Å². The minimum Gasteiger partial charge on any atom is -0.451 e. The maximum absolute atomic E-state index is 12.5. The van der Waals surface area contributed by atoms with Crippen LogP contribution in [-0.2, 0) is 0 Å². The predicted octanol–water partition coefficient (Wildman–Crippen LogP) is 5.24. The smallest absolute Gasteiger partial charge is 0.293 e. The lowest BCUT2D eigenvalue weighted by atomic mass is 10.1. The number of furan rings is 1. The summed E-state index contributed by atoms with van der Waals surface area (Å²) in [6.07, 6.45) is 1.71. The van der Waals surface area contributed by atoms with E-state index in [9.17, 15) is 4.79 Å². The highest BCUT2D eigenvalue weighted by molar-refractivity contribution is 7.80. The standard InChI is InChI=1S/C23H19N3O2S/c1-14-8-9-17(13-15(14)2)19-10-11-20(28-19)22(27)26-23(29)25-18-7-3-5-16-6-4-12-24-21(16)18/h3-13H,1-2H3,(H2,25,26,27,29). The highest BCUT2D eigenvalue weighted by atomic mass is 32.1. The number of carbonyl (C=O) groups is 1. The fourth-order valence-electron chi connectivity index (χ4n) is 3.03. The van der Waals surface area contributed by atoms with Crippen molar-refractivity contribution >= 4 is 39.8 Å². The van der Waals surface area contributed by atoms with Crippen molar-refractivity contribution in [2.45, 2.75) is 13.8 Å². The lowest BCUT2D eigenvalue weighted by molar-refractivity contribution is 0.0951. The summed E-state index contributed by atoms with van der Waals surface area (Å²) in [7, 11) is 0. The zero-order valence-corrected chi connectivity index (χ0v) is 16.8. The summed E-state index contributed by atoms with van der Waals surface area (Å²) in [5.74, 6) is 0.416. The predicted molar refractivity (Wildman–Crippen MR) is 119 cm³/mol. The molecule has 1 amide bonds. The third-order valence-electron chi connectivity index (χ3n) is 4.73. The minimum atomic E-state index is -0.411. The number of fused-ring (bicyclic) bond motifs is 1. The van der Waals surface area contributed by atoms with Gasteiger partial charge in [0.25, 0.3) is 5.91 Å². The lowest BCUT2D eigenvalue weighted by Gasteiger charge is -2.10. The molecule has 0 aliphatic carbocycles. The Balaban J connectivity index is 1.47. The van der Waals surface area contributed by atoms with Crippen LogP contribution < -0.4 is 10.6 Å². The van der Waals surface area contributed by atoms with Gasteiger partial charge in [0.1, 0.15) is 5.76 Å². The molecule has 2 aromatic carbocycles. The van der Waals surface area contributed by atoms with Crippen LogP contribution in [0, 0.1) is 13.8 Å². The number of nitrogens with zero attached hydrogens (tertiary/aromatic N) is 1. The molecule has 0 radical (unpaired) electrons. The molecule has 4 rings (SSSR count). The molecular weight excluding hydrogens is 382 g/mol. The van der Waals surface area contributed by atoms with Gasteiger partial charge >= 0.3 is 0 Å². The van der Waals surface area contributed by atoms with Crippen LogP contribution >= 0.6 is 12.2 Å². The number of thiocarbonyl (C=S) groups is 1. The number of pyridine rings is 1. The zero-order chi connectivity index (χ0) is 20.4. The summed E-state index contributed by atoms with van der Waals surface area (Å²) >= 11 is 5.29. The number of nitrogens with one attached hydrogen (secondary N) is 2. The monoisotopic (exact) mass is 401 g/mol. The first-order chi connectivity index (χ1) is 14.0. The van der Waals surface area contributed by atoms with E-state index in [4.69, 9.17) is 16.6 Å². The van der Waals surface area contributed by atoms with Crippen molar-refractivity contribution in [3.05, 3.63) is 83.7 Å². The number of aromatic nitrogens is 1. The van der Waals surface area contributed by atoms with Gasteiger partial charge in [-0.15, -0.1) is 0 Å². The Morgan fingerprint density at radius 2 is 1.83 bits per heavy atom. The number of rotatable bonds is 3. The fraction of sp³-hybridized carbons (Fsp3) is 0.0870. The van der Waals surface area contributed by atoms with Crippen LogP contribution in [0.2, 0.25) is 0 Å². The maximum Gasteiger partial charge on any atom is 0.293 e. The number of para-hydroxylation sites is 1. The number of hydrogen-bond acceptors (Lipinski definition) is 4. The molecule has 0 bridgehead atoms. The topological polar surface area (TPSA) is 67.2 Å². The van der Waals surface area contributed by atoms with E-state index in [2.05, 4.69) is 22.5 Å². The van der Waals surface area contributed by atoms with Gasteiger partial charge in [0.2, 0.25) is 0 Å². The van der Waals surface area contributed by atoms with E-state index in [1.807, 2.05) is 55.5 Å². The van der Waals surface area contributed by atoms with E-state index < -0.39 is 5.91 Å². The molecule has 2 N–H and O–H groups in total. The van der Waals surface area contributed by atoms with Crippen molar-refractivity contribution in [1.29, 1.82) is 0 Å². The Bertz CT molecular complexity index is 1220. The first-order valence-electron chi connectivity index (χ1n) is 9.15. The molecule has 4 aromatic rings. The van der Waals surface area contributed by atoms with E-state index in [0.717, 1.165) is 22.2 Å². The normalized spacial score (nSPS) is 10.7. The molecule has 6 heteroatoms. The number of hydrogen-bond donors (Lipinski definition) is 2. The van der Waals surface area contributed by atoms with Crippen LogP contribution in [0.1, 0.15) is 21.7 Å². The van der Waals surface area contributed by atoms with Crippen molar-refractivity contribution in [3.8, 4) is 11.3 Å². The van der Waals surface area contributed by atoms with Crippen LogP contribution in [0.15, 0.2) is 71.3 Å². The zero-order valence-electron chi connectivity index (χ0n) is 16.0. The molecule has 0 aliphatic heterocycles. The van der Waals surface area contributed by atoms with Crippen molar-refractivity contribution in [2.24, 2.45) is 0 Å². The number of carbonyl (C=O) groups excluding carboxylic acids is 1. The Hall–Kier alpha value is -3.51. The van der Waals surface area contributed by atoms with E-state index >= 15 is 0 Å². The Labute approximate surface area is 173 Å². The van der Waals surface area contributed by atoms with Crippen LogP contribution in [0.25, 0.3) is 22.2 Å². The molecule has 0 aliphatic rings. The molecule has 0 unspecified atom stereocenters. The van der Waals surface area contributed by atoms with Gasteiger partial charge in [-0.2, -0.15) is 0 Å². The number of anilines is 1. The molecular formula is C23H19N3O2S. The Kier molecular flexibility index (Phi) is 5.10. The third-order valence-corrected chi connectivity index (χ3v) is 4.93. The van der Waals surface area contributed by atoms with Crippen LogP contribution in [0.3, 0.4) is 0 Å². The average molecular weight is 401 g/mol. The van der Waals surface area contributed by atoms with E-state index in [1.54, 1.807) is 18.3 Å². The maximum atomic E-state index is 12.5. The molecule has 144 valence electrons. The fourth-order valence-corrected chi connectivity index (χ4v) is 3.24. The molecule has 0 atom stereocenters. The van der Waals surface area contributed by atoms with Crippen molar-refractivity contribution in [3.63, 3.8) is 0 Å². The molecule has 5 nitrogen and oxygen atoms in total. The van der Waals surface area contributed by atoms with Gasteiger partial charge in [-0.1, -0.05) is 30.3 Å². The second-order valence-corrected chi connectivity index (χ2v) is 7.16. The second-order valence-electron chi connectivity index (χ2n) is 6.75. The van der Waals surface area contributed by atoms with Crippen molar-refractivity contribution in [1.82, 2.24) is 10.3 Å². The third kappa shape index (κ3) is 4.02. The van der Waals surface area contributed by atoms with Gasteiger partial charge in [-0.3, -0.25) is 15.1 Å². The van der Waals surface area contributed by atoms with Gasteiger partial charge in [0, 0.05) is 17.1 Å². The SMILES string of the molecule is Cc1ccc(-c2ccc(C(=O)NC(=S)Nc3cccc4cccnc34)o2)cc1C. The first-order valence-corrected chi connectivity index (χ1v) is 9.55. The molecule has 2 heterocycles. The van der Waals surface area contributed by atoms with Gasteiger partial charge in [-0.25, -0.2) is 0 Å². The molecule has 29 heavy (non-hydrogen) atoms. The van der Waals surface area contributed by atoms with E-state index in [-0.39, 0.29) is 10.9 Å². The molecule has 0 saturated heterocycles. The summed E-state index contributed by atoms with van der Waals surface area (Å²) < 4.78 is 5.74. The molecule has 0 spiro atoms. The second kappa shape index (κ2) is 7.85. The number of amides is 1. The van der Waals surface area contributed by atoms with Crippen LogP contribution in [0.4, 0.5) is 5.69 Å². The Morgan fingerprint density at radius 1 is 1.00 bits per heavy atom. The number of benzene rings is 2. The molecule has 0 fully saturated rings. The van der Waals surface area contributed by atoms with E-state index in [0.29, 0.717) is 5.76 Å². The van der Waals surface area contributed by atoms with Gasteiger partial charge in [0.15, 0.2) is 10.9 Å². The number of aryl methyl sites for hydroxylation is 2. The van der Waals surface area contributed by atoms with Crippen LogP contribution in [-0.4, -0.2) is 16.0 Å². The van der Waals surface area contributed by atoms with Crippen LogP contribution in [0.5, 0.6) is 0 Å². The molecule has 0 saturated carbocycles. The minimum absolute atomic E-state index is 0.178. The highest BCUT2D eigenvalue weighted by Crippen LogP contribution is 2.24.